The van der Waals surface area contributed by atoms with Crippen LogP contribution in [-0.4, -0.2) is 28.3 Å². The zero-order chi connectivity index (χ0) is 14.4. The summed E-state index contributed by atoms with van der Waals surface area (Å²) in [5, 5.41) is 10.3. The molecule has 1 heterocycles. The normalized spacial score (nSPS) is 11.9. The van der Waals surface area contributed by atoms with Crippen molar-refractivity contribution in [3.63, 3.8) is 0 Å². The fraction of sp³-hybridized carbons (Fsp3) is 0.333. The first kappa shape index (κ1) is 14.1. The highest BCUT2D eigenvalue weighted by Crippen LogP contribution is 2.14. The quantitative estimate of drug-likeness (QED) is 0.847. The zero-order valence-corrected chi connectivity index (χ0v) is 11.8. The highest BCUT2D eigenvalue weighted by molar-refractivity contribution is 5.99. The molecule has 0 saturated carbocycles. The van der Waals surface area contributed by atoms with Gasteiger partial charge in [-0.3, -0.25) is 9.48 Å². The summed E-state index contributed by atoms with van der Waals surface area (Å²) in [6.45, 7) is 5.42. The van der Waals surface area contributed by atoms with E-state index in [1.54, 1.807) is 10.9 Å². The van der Waals surface area contributed by atoms with Crippen molar-refractivity contribution < 1.29 is 4.79 Å². The lowest BCUT2D eigenvalue weighted by Gasteiger charge is -2.16. The summed E-state index contributed by atoms with van der Waals surface area (Å²) in [5.41, 5.74) is 1.53. The van der Waals surface area contributed by atoms with E-state index in [2.05, 4.69) is 15.7 Å². The average molecular weight is 272 g/mol. The Morgan fingerprint density at radius 3 is 2.85 bits per heavy atom. The summed E-state index contributed by atoms with van der Waals surface area (Å²) in [6.07, 6.45) is 3.62. The first-order chi connectivity index (χ1) is 9.70. The van der Waals surface area contributed by atoms with Gasteiger partial charge in [-0.25, -0.2) is 0 Å². The van der Waals surface area contributed by atoms with Gasteiger partial charge in [0.05, 0.1) is 12.1 Å². The van der Waals surface area contributed by atoms with E-state index >= 15 is 0 Å². The number of carbonyl (C=O) groups excluding carboxylic acids is 1. The summed E-state index contributed by atoms with van der Waals surface area (Å²) in [4.78, 5) is 12.3. The molecule has 0 saturated heterocycles. The number of amides is 1. The molecule has 2 rings (SSSR count). The van der Waals surface area contributed by atoms with E-state index in [0.717, 1.165) is 12.2 Å². The number of anilines is 1. The Kier molecular flexibility index (Phi) is 4.76. The molecule has 1 aromatic carbocycles. The Hall–Kier alpha value is -2.30. The maximum Gasteiger partial charge on any atom is 0.253 e. The number of nitrogens with zero attached hydrogens (tertiary/aromatic N) is 2. The second-order valence-corrected chi connectivity index (χ2v) is 4.68. The monoisotopic (exact) mass is 272 g/mol. The average Bonchev–Trinajstić information content (AvgIpc) is 2.92. The maximum absolute atomic E-state index is 12.3. The van der Waals surface area contributed by atoms with Crippen LogP contribution < -0.4 is 10.6 Å². The molecule has 106 valence electrons. The van der Waals surface area contributed by atoms with Crippen molar-refractivity contribution in [2.75, 3.05) is 11.9 Å². The number of benzene rings is 1. The van der Waals surface area contributed by atoms with Crippen LogP contribution in [-0.2, 0) is 6.54 Å². The second-order valence-electron chi connectivity index (χ2n) is 4.68. The summed E-state index contributed by atoms with van der Waals surface area (Å²) in [6, 6.07) is 9.41. The second kappa shape index (κ2) is 6.75. The first-order valence-electron chi connectivity index (χ1n) is 6.82. The highest BCUT2D eigenvalue weighted by atomic mass is 16.1. The number of para-hydroxylation sites is 1. The summed E-state index contributed by atoms with van der Waals surface area (Å²) in [5.74, 6) is -0.0683. The topological polar surface area (TPSA) is 59.0 Å². The molecular weight excluding hydrogens is 252 g/mol. The highest BCUT2D eigenvalue weighted by Gasteiger charge is 2.13. The minimum absolute atomic E-state index is 0.0112. The van der Waals surface area contributed by atoms with Crippen molar-refractivity contribution in [1.82, 2.24) is 15.1 Å². The number of aromatic nitrogens is 2. The molecule has 0 bridgehead atoms. The van der Waals surface area contributed by atoms with Crippen molar-refractivity contribution >= 4 is 11.6 Å². The minimum atomic E-state index is -0.0683. The van der Waals surface area contributed by atoms with Crippen molar-refractivity contribution in [2.45, 2.75) is 26.4 Å². The standard InChI is InChI=1S/C15H20N4O/c1-3-16-14-8-5-4-7-13(14)15(20)18-12(2)11-19-10-6-9-17-19/h4-10,12,16H,3,11H2,1-2H3,(H,18,20). The molecule has 20 heavy (non-hydrogen) atoms. The van der Waals surface area contributed by atoms with Gasteiger partial charge >= 0.3 is 0 Å². The van der Waals surface area contributed by atoms with Crippen molar-refractivity contribution in [3.05, 3.63) is 48.3 Å². The van der Waals surface area contributed by atoms with E-state index in [4.69, 9.17) is 0 Å². The van der Waals surface area contributed by atoms with Crippen molar-refractivity contribution in [2.24, 2.45) is 0 Å². The Balaban J connectivity index is 2.00. The fourth-order valence-corrected chi connectivity index (χ4v) is 2.06. The number of rotatable bonds is 6. The Labute approximate surface area is 119 Å². The summed E-state index contributed by atoms with van der Waals surface area (Å²) < 4.78 is 1.81. The molecule has 0 aliphatic carbocycles. The van der Waals surface area contributed by atoms with Crippen LogP contribution in [0.15, 0.2) is 42.7 Å². The van der Waals surface area contributed by atoms with E-state index in [9.17, 15) is 4.79 Å². The lowest BCUT2D eigenvalue weighted by molar-refractivity contribution is 0.0937. The molecule has 1 unspecified atom stereocenters. The van der Waals surface area contributed by atoms with Crippen LogP contribution in [0.1, 0.15) is 24.2 Å². The first-order valence-corrected chi connectivity index (χ1v) is 6.82. The molecule has 0 aliphatic heterocycles. The van der Waals surface area contributed by atoms with Gasteiger partial charge in [0.1, 0.15) is 0 Å². The molecule has 1 aromatic heterocycles. The van der Waals surface area contributed by atoms with Crippen LogP contribution in [0.25, 0.3) is 0 Å². The predicted octanol–water partition coefficient (Wildman–Crippen LogP) is 2.13. The number of hydrogen-bond donors (Lipinski definition) is 2. The summed E-state index contributed by atoms with van der Waals surface area (Å²) >= 11 is 0. The zero-order valence-electron chi connectivity index (χ0n) is 11.8. The Morgan fingerprint density at radius 2 is 2.15 bits per heavy atom. The molecule has 0 aliphatic rings. The van der Waals surface area contributed by atoms with E-state index < -0.39 is 0 Å². The van der Waals surface area contributed by atoms with E-state index in [1.807, 2.05) is 50.4 Å². The lowest BCUT2D eigenvalue weighted by atomic mass is 10.1. The van der Waals surface area contributed by atoms with Crippen molar-refractivity contribution in [3.8, 4) is 0 Å². The van der Waals surface area contributed by atoms with Crippen LogP contribution in [0.2, 0.25) is 0 Å². The molecule has 0 spiro atoms. The molecule has 0 radical (unpaired) electrons. The van der Waals surface area contributed by atoms with Crippen LogP contribution in [0, 0.1) is 0 Å². The van der Waals surface area contributed by atoms with E-state index in [-0.39, 0.29) is 11.9 Å². The van der Waals surface area contributed by atoms with Gasteiger partial charge in [-0.15, -0.1) is 0 Å². The third kappa shape index (κ3) is 3.60. The van der Waals surface area contributed by atoms with Gasteiger partial charge < -0.3 is 10.6 Å². The lowest BCUT2D eigenvalue weighted by Crippen LogP contribution is -2.36. The summed E-state index contributed by atoms with van der Waals surface area (Å²) in [7, 11) is 0. The van der Waals surface area contributed by atoms with Gasteiger partial charge in [-0.05, 0) is 32.0 Å². The maximum atomic E-state index is 12.3. The molecule has 1 atom stereocenters. The largest absolute Gasteiger partial charge is 0.385 e. The number of nitrogens with one attached hydrogen (secondary N) is 2. The smallest absolute Gasteiger partial charge is 0.253 e. The number of carbonyl (C=O) groups is 1. The molecule has 2 N–H and O–H groups in total. The van der Waals surface area contributed by atoms with Crippen molar-refractivity contribution in [1.29, 1.82) is 0 Å². The minimum Gasteiger partial charge on any atom is -0.385 e. The van der Waals surface area contributed by atoms with Gasteiger partial charge in [-0.1, -0.05) is 12.1 Å². The third-order valence-electron chi connectivity index (χ3n) is 2.94. The van der Waals surface area contributed by atoms with Crippen LogP contribution >= 0.6 is 0 Å². The molecule has 1 amide bonds. The molecule has 2 aromatic rings. The van der Waals surface area contributed by atoms with E-state index in [1.165, 1.54) is 0 Å². The number of hydrogen-bond acceptors (Lipinski definition) is 3. The third-order valence-corrected chi connectivity index (χ3v) is 2.94. The fourth-order valence-electron chi connectivity index (χ4n) is 2.06. The van der Waals surface area contributed by atoms with Crippen LogP contribution in [0.4, 0.5) is 5.69 Å². The van der Waals surface area contributed by atoms with Gasteiger partial charge in [0.15, 0.2) is 0 Å². The van der Waals surface area contributed by atoms with Crippen LogP contribution in [0.3, 0.4) is 0 Å². The van der Waals surface area contributed by atoms with Gasteiger partial charge in [0.25, 0.3) is 5.91 Å². The SMILES string of the molecule is CCNc1ccccc1C(=O)NC(C)Cn1cccn1. The Bertz CT molecular complexity index is 551. The van der Waals surface area contributed by atoms with Gasteiger partial charge in [0, 0.05) is 30.7 Å². The van der Waals surface area contributed by atoms with Crippen LogP contribution in [0.5, 0.6) is 0 Å². The molecule has 5 heteroatoms. The predicted molar refractivity (Wildman–Crippen MR) is 79.8 cm³/mol. The van der Waals surface area contributed by atoms with Gasteiger partial charge in [0.2, 0.25) is 0 Å². The molecular formula is C15H20N4O. The van der Waals surface area contributed by atoms with Gasteiger partial charge in [-0.2, -0.15) is 5.10 Å². The Morgan fingerprint density at radius 1 is 1.35 bits per heavy atom. The molecule has 5 nitrogen and oxygen atoms in total. The van der Waals surface area contributed by atoms with E-state index in [0.29, 0.717) is 12.1 Å². The molecule has 0 fully saturated rings.